The van der Waals surface area contributed by atoms with E-state index in [1.807, 2.05) is 36.0 Å². The molecule has 0 aromatic heterocycles. The molecule has 1 aromatic carbocycles. The van der Waals surface area contributed by atoms with Gasteiger partial charge in [-0.1, -0.05) is 42.8 Å². The number of allylic oxidation sites excluding steroid dienone is 2. The average Bonchev–Trinajstić information content (AvgIpc) is 2.76. The first-order chi connectivity index (χ1) is 7.78. The Morgan fingerprint density at radius 1 is 1.31 bits per heavy atom. The molecule has 1 aromatic rings. The fourth-order valence-corrected chi connectivity index (χ4v) is 2.85. The van der Waals surface area contributed by atoms with E-state index in [4.69, 9.17) is 11.6 Å². The zero-order valence-electron chi connectivity index (χ0n) is 9.32. The molecule has 0 radical (unpaired) electrons. The lowest BCUT2D eigenvalue weighted by Crippen LogP contribution is -1.91. The van der Waals surface area contributed by atoms with Crippen molar-refractivity contribution in [1.29, 1.82) is 0 Å². The highest BCUT2D eigenvalue weighted by molar-refractivity contribution is 8.04. The number of thioether (sulfide) groups is 1. The van der Waals surface area contributed by atoms with Crippen molar-refractivity contribution in [1.82, 2.24) is 0 Å². The minimum atomic E-state index is 0.782. The van der Waals surface area contributed by atoms with E-state index in [2.05, 4.69) is 25.2 Å². The Kier molecular flexibility index (Phi) is 4.14. The first-order valence-corrected chi connectivity index (χ1v) is 6.84. The average molecular weight is 251 g/mol. The normalized spacial score (nSPS) is 20.4. The summed E-state index contributed by atoms with van der Waals surface area (Å²) in [6.45, 7) is 2.25. The summed E-state index contributed by atoms with van der Waals surface area (Å²) >= 11 is 7.82. The molecule has 0 saturated carbocycles. The quantitative estimate of drug-likeness (QED) is 0.715. The van der Waals surface area contributed by atoms with Gasteiger partial charge in [0.05, 0.1) is 0 Å². The van der Waals surface area contributed by atoms with Crippen LogP contribution in [0, 0.1) is 0 Å². The van der Waals surface area contributed by atoms with Crippen LogP contribution in [-0.4, -0.2) is 5.25 Å². The standard InChI is InChI=1S/C14H15ClS/c1-2-13-9-10-14(16-13)8-5-11-3-6-12(15)7-4-11/h3-8,10,13H,2,9H2,1H3/b8-5+. The van der Waals surface area contributed by atoms with Crippen molar-refractivity contribution in [2.24, 2.45) is 0 Å². The number of rotatable bonds is 3. The summed E-state index contributed by atoms with van der Waals surface area (Å²) in [6, 6.07) is 7.92. The number of halogens is 1. The summed E-state index contributed by atoms with van der Waals surface area (Å²) in [5, 5.41) is 1.57. The predicted octanol–water partition coefficient (Wildman–Crippen LogP) is 5.15. The van der Waals surface area contributed by atoms with E-state index < -0.39 is 0 Å². The molecule has 0 spiro atoms. The maximum Gasteiger partial charge on any atom is 0.0406 e. The molecule has 16 heavy (non-hydrogen) atoms. The smallest absolute Gasteiger partial charge is 0.0406 e. The fraction of sp³-hybridized carbons (Fsp3) is 0.286. The molecule has 0 amide bonds. The van der Waals surface area contributed by atoms with Gasteiger partial charge in [-0.15, -0.1) is 11.8 Å². The molecule has 0 N–H and O–H groups in total. The second-order valence-electron chi connectivity index (χ2n) is 3.88. The third-order valence-corrected chi connectivity index (χ3v) is 4.34. The molecule has 0 aliphatic carbocycles. The lowest BCUT2D eigenvalue weighted by molar-refractivity contribution is 0.849. The van der Waals surface area contributed by atoms with Crippen LogP contribution in [0.3, 0.4) is 0 Å². The van der Waals surface area contributed by atoms with E-state index in [1.54, 1.807) is 0 Å². The third kappa shape index (κ3) is 3.16. The molecule has 0 saturated heterocycles. The summed E-state index contributed by atoms with van der Waals surface area (Å²) < 4.78 is 0. The Hall–Kier alpha value is -0.660. The van der Waals surface area contributed by atoms with E-state index in [-0.39, 0.29) is 0 Å². The summed E-state index contributed by atoms with van der Waals surface area (Å²) in [4.78, 5) is 1.39. The fourth-order valence-electron chi connectivity index (χ4n) is 1.65. The van der Waals surface area contributed by atoms with Gasteiger partial charge in [-0.2, -0.15) is 0 Å². The summed E-state index contributed by atoms with van der Waals surface area (Å²) in [5.41, 5.74) is 1.20. The van der Waals surface area contributed by atoms with E-state index in [1.165, 1.54) is 23.3 Å². The van der Waals surface area contributed by atoms with Crippen LogP contribution in [0.2, 0.25) is 5.02 Å². The van der Waals surface area contributed by atoms with Crippen molar-refractivity contribution in [2.75, 3.05) is 0 Å². The van der Waals surface area contributed by atoms with Gasteiger partial charge in [-0.3, -0.25) is 0 Å². The van der Waals surface area contributed by atoms with E-state index in [0.717, 1.165) is 10.3 Å². The van der Waals surface area contributed by atoms with Crippen LogP contribution in [0.15, 0.2) is 41.3 Å². The van der Waals surface area contributed by atoms with Gasteiger partial charge < -0.3 is 0 Å². The Morgan fingerprint density at radius 2 is 2.06 bits per heavy atom. The molecule has 0 bridgehead atoms. The summed E-state index contributed by atoms with van der Waals surface area (Å²) in [5.74, 6) is 0. The van der Waals surface area contributed by atoms with Crippen LogP contribution in [0.1, 0.15) is 25.3 Å². The van der Waals surface area contributed by atoms with Gasteiger partial charge in [0.1, 0.15) is 0 Å². The lowest BCUT2D eigenvalue weighted by Gasteiger charge is -2.03. The molecule has 1 atom stereocenters. The van der Waals surface area contributed by atoms with Crippen LogP contribution >= 0.6 is 23.4 Å². The molecule has 2 rings (SSSR count). The highest BCUT2D eigenvalue weighted by Gasteiger charge is 2.13. The van der Waals surface area contributed by atoms with E-state index in [0.29, 0.717) is 0 Å². The second kappa shape index (κ2) is 5.60. The molecule has 1 aliphatic heterocycles. The molecule has 0 fully saturated rings. The van der Waals surface area contributed by atoms with Gasteiger partial charge in [0.25, 0.3) is 0 Å². The minimum Gasteiger partial charge on any atom is -0.123 e. The number of hydrogen-bond donors (Lipinski definition) is 0. The van der Waals surface area contributed by atoms with E-state index >= 15 is 0 Å². The number of hydrogen-bond acceptors (Lipinski definition) is 1. The van der Waals surface area contributed by atoms with Crippen molar-refractivity contribution in [3.05, 3.63) is 51.9 Å². The molecule has 1 unspecified atom stereocenters. The molecule has 84 valence electrons. The molecular weight excluding hydrogens is 236 g/mol. The van der Waals surface area contributed by atoms with Crippen LogP contribution in [0.5, 0.6) is 0 Å². The van der Waals surface area contributed by atoms with Gasteiger partial charge in [0.15, 0.2) is 0 Å². The van der Waals surface area contributed by atoms with Crippen LogP contribution in [-0.2, 0) is 0 Å². The van der Waals surface area contributed by atoms with Crippen molar-refractivity contribution >= 4 is 29.4 Å². The number of benzene rings is 1. The van der Waals surface area contributed by atoms with Crippen molar-refractivity contribution < 1.29 is 0 Å². The van der Waals surface area contributed by atoms with Crippen LogP contribution < -0.4 is 0 Å². The molecule has 2 heteroatoms. The topological polar surface area (TPSA) is 0 Å². The van der Waals surface area contributed by atoms with Gasteiger partial charge in [-0.25, -0.2) is 0 Å². The Bertz CT molecular complexity index is 403. The second-order valence-corrected chi connectivity index (χ2v) is 5.69. The Balaban J connectivity index is 1.97. The van der Waals surface area contributed by atoms with Crippen LogP contribution in [0.25, 0.3) is 6.08 Å². The molecular formula is C14H15ClS. The van der Waals surface area contributed by atoms with Crippen molar-refractivity contribution in [3.63, 3.8) is 0 Å². The van der Waals surface area contributed by atoms with Crippen LogP contribution in [0.4, 0.5) is 0 Å². The lowest BCUT2D eigenvalue weighted by atomic mass is 10.2. The zero-order valence-corrected chi connectivity index (χ0v) is 10.9. The Labute approximate surface area is 106 Å². The SMILES string of the molecule is CCC1CC=C(/C=C/c2ccc(Cl)cc2)S1. The van der Waals surface area contributed by atoms with Gasteiger partial charge in [-0.05, 0) is 36.6 Å². The molecule has 1 heterocycles. The van der Waals surface area contributed by atoms with Gasteiger partial charge >= 0.3 is 0 Å². The molecule has 0 nitrogen and oxygen atoms in total. The first-order valence-electron chi connectivity index (χ1n) is 5.58. The highest BCUT2D eigenvalue weighted by Crippen LogP contribution is 2.35. The van der Waals surface area contributed by atoms with Gasteiger partial charge in [0, 0.05) is 15.2 Å². The molecule has 1 aliphatic rings. The Morgan fingerprint density at radius 3 is 2.69 bits per heavy atom. The maximum absolute atomic E-state index is 5.84. The van der Waals surface area contributed by atoms with Crippen molar-refractivity contribution in [3.8, 4) is 0 Å². The largest absolute Gasteiger partial charge is 0.123 e. The predicted molar refractivity (Wildman–Crippen MR) is 74.9 cm³/mol. The highest BCUT2D eigenvalue weighted by atomic mass is 35.5. The minimum absolute atomic E-state index is 0.782. The third-order valence-electron chi connectivity index (χ3n) is 2.65. The van der Waals surface area contributed by atoms with E-state index in [9.17, 15) is 0 Å². The summed E-state index contributed by atoms with van der Waals surface area (Å²) in [7, 11) is 0. The zero-order chi connectivity index (χ0) is 11.4. The van der Waals surface area contributed by atoms with Gasteiger partial charge in [0.2, 0.25) is 0 Å². The first kappa shape index (κ1) is 11.8. The summed E-state index contributed by atoms with van der Waals surface area (Å²) in [6.07, 6.45) is 9.13. The van der Waals surface area contributed by atoms with Crippen molar-refractivity contribution in [2.45, 2.75) is 25.0 Å². The monoisotopic (exact) mass is 250 g/mol. The maximum atomic E-state index is 5.84.